The summed E-state index contributed by atoms with van der Waals surface area (Å²) in [5, 5.41) is 9.40. The summed E-state index contributed by atoms with van der Waals surface area (Å²) in [6, 6.07) is 0. The minimum atomic E-state index is 0.898. The number of hydrogen-bond acceptors (Lipinski definition) is 6. The minimum absolute atomic E-state index is 0.898. The Kier molecular flexibility index (Phi) is 4.54. The quantitative estimate of drug-likeness (QED) is 0.880. The molecule has 2 heterocycles. The first-order chi connectivity index (χ1) is 8.78. The molecule has 0 aliphatic heterocycles. The van der Waals surface area contributed by atoms with Crippen molar-refractivity contribution in [1.29, 1.82) is 0 Å². The second-order valence-corrected chi connectivity index (χ2v) is 5.45. The van der Waals surface area contributed by atoms with Crippen molar-refractivity contribution in [3.05, 3.63) is 10.8 Å². The highest BCUT2D eigenvalue weighted by atomic mass is 32.1. The fraction of sp³-hybridized carbons (Fsp3) is 0.500. The third-order valence-corrected chi connectivity index (χ3v) is 4.32. The van der Waals surface area contributed by atoms with Gasteiger partial charge in [0.2, 0.25) is 0 Å². The molecule has 0 spiro atoms. The molecule has 0 fully saturated rings. The fourth-order valence-electron chi connectivity index (χ4n) is 1.65. The molecule has 0 bridgehead atoms. The molecule has 98 valence electrons. The van der Waals surface area contributed by atoms with E-state index in [9.17, 15) is 0 Å². The zero-order valence-corrected chi connectivity index (χ0v) is 12.6. The molecule has 0 aliphatic carbocycles. The average Bonchev–Trinajstić information content (AvgIpc) is 3.00. The maximum Gasteiger partial charge on any atom is 0.185 e. The highest BCUT2D eigenvalue weighted by Gasteiger charge is 2.11. The van der Waals surface area contributed by atoms with E-state index in [-0.39, 0.29) is 0 Å². The lowest BCUT2D eigenvalue weighted by Gasteiger charge is -2.16. The van der Waals surface area contributed by atoms with Crippen LogP contribution in [-0.2, 0) is 0 Å². The maximum atomic E-state index is 4.66. The number of hydrogen-bond donors (Lipinski definition) is 1. The van der Waals surface area contributed by atoms with E-state index >= 15 is 0 Å². The number of aromatic nitrogens is 2. The molecular weight excluding hydrogens is 264 g/mol. The van der Waals surface area contributed by atoms with Crippen molar-refractivity contribution in [2.75, 3.05) is 29.9 Å². The third-order valence-electron chi connectivity index (χ3n) is 2.62. The lowest BCUT2D eigenvalue weighted by atomic mass is 10.4. The predicted octanol–water partition coefficient (Wildman–Crippen LogP) is 3.54. The van der Waals surface area contributed by atoms with E-state index in [1.54, 1.807) is 22.7 Å². The standard InChI is InChI=1S/C12H18N4S2/c1-4-13-11-14-9(7-17-11)10-8-18-12(15-10)16(5-2)6-3/h7-8H,4-6H2,1-3H3,(H,13,14). The van der Waals surface area contributed by atoms with Crippen molar-refractivity contribution >= 4 is 32.9 Å². The number of rotatable bonds is 6. The molecule has 4 nitrogen and oxygen atoms in total. The highest BCUT2D eigenvalue weighted by Crippen LogP contribution is 2.29. The van der Waals surface area contributed by atoms with Gasteiger partial charge in [0.15, 0.2) is 10.3 Å². The smallest absolute Gasteiger partial charge is 0.185 e. The Balaban J connectivity index is 2.17. The number of thiazole rings is 2. The van der Waals surface area contributed by atoms with Crippen molar-refractivity contribution < 1.29 is 0 Å². The van der Waals surface area contributed by atoms with Crippen LogP contribution < -0.4 is 10.2 Å². The van der Waals surface area contributed by atoms with E-state index in [4.69, 9.17) is 0 Å². The van der Waals surface area contributed by atoms with Gasteiger partial charge in [0.1, 0.15) is 11.4 Å². The first-order valence-electron chi connectivity index (χ1n) is 6.18. The predicted molar refractivity (Wildman–Crippen MR) is 80.9 cm³/mol. The van der Waals surface area contributed by atoms with Crippen LogP contribution in [0.3, 0.4) is 0 Å². The minimum Gasteiger partial charge on any atom is -0.362 e. The summed E-state index contributed by atoms with van der Waals surface area (Å²) in [4.78, 5) is 11.4. The summed E-state index contributed by atoms with van der Waals surface area (Å²) in [7, 11) is 0. The van der Waals surface area contributed by atoms with Gasteiger partial charge in [-0.25, -0.2) is 9.97 Å². The van der Waals surface area contributed by atoms with Crippen LogP contribution in [0.25, 0.3) is 11.4 Å². The monoisotopic (exact) mass is 282 g/mol. The molecule has 2 rings (SSSR count). The lowest BCUT2D eigenvalue weighted by Crippen LogP contribution is -2.21. The van der Waals surface area contributed by atoms with Gasteiger partial charge in [-0.3, -0.25) is 0 Å². The van der Waals surface area contributed by atoms with Gasteiger partial charge in [0, 0.05) is 30.4 Å². The second kappa shape index (κ2) is 6.15. The number of anilines is 2. The molecule has 1 N–H and O–H groups in total. The van der Waals surface area contributed by atoms with E-state index in [0.29, 0.717) is 0 Å². The molecule has 6 heteroatoms. The van der Waals surface area contributed by atoms with Crippen LogP contribution in [0.4, 0.5) is 10.3 Å². The van der Waals surface area contributed by atoms with E-state index in [2.05, 4.69) is 51.7 Å². The van der Waals surface area contributed by atoms with Gasteiger partial charge in [0.25, 0.3) is 0 Å². The Morgan fingerprint density at radius 2 is 1.72 bits per heavy atom. The second-order valence-electron chi connectivity index (χ2n) is 3.76. The van der Waals surface area contributed by atoms with Gasteiger partial charge < -0.3 is 10.2 Å². The van der Waals surface area contributed by atoms with Crippen LogP contribution in [0.1, 0.15) is 20.8 Å². The molecule has 0 atom stereocenters. The summed E-state index contributed by atoms with van der Waals surface area (Å²) in [6.07, 6.45) is 0. The number of nitrogens with one attached hydrogen (secondary N) is 1. The van der Waals surface area contributed by atoms with Crippen LogP contribution in [-0.4, -0.2) is 29.6 Å². The van der Waals surface area contributed by atoms with Crippen LogP contribution in [0.5, 0.6) is 0 Å². The van der Waals surface area contributed by atoms with Gasteiger partial charge in [0.05, 0.1) is 0 Å². The SMILES string of the molecule is CCNc1nc(-c2csc(N(CC)CC)n2)cs1. The maximum absolute atomic E-state index is 4.66. The van der Waals surface area contributed by atoms with E-state index in [1.807, 2.05) is 0 Å². The van der Waals surface area contributed by atoms with Gasteiger partial charge in [-0.1, -0.05) is 0 Å². The van der Waals surface area contributed by atoms with Gasteiger partial charge in [-0.05, 0) is 20.8 Å². The molecule has 2 aromatic heterocycles. The summed E-state index contributed by atoms with van der Waals surface area (Å²) >= 11 is 3.31. The van der Waals surface area contributed by atoms with Crippen LogP contribution >= 0.6 is 22.7 Å². The highest BCUT2D eigenvalue weighted by molar-refractivity contribution is 7.14. The van der Waals surface area contributed by atoms with Crippen LogP contribution in [0.15, 0.2) is 10.8 Å². The Bertz CT molecular complexity index is 488. The van der Waals surface area contributed by atoms with Gasteiger partial charge in [-0.2, -0.15) is 0 Å². The normalized spacial score (nSPS) is 10.6. The topological polar surface area (TPSA) is 41.1 Å². The van der Waals surface area contributed by atoms with Crippen molar-refractivity contribution in [3.63, 3.8) is 0 Å². The van der Waals surface area contributed by atoms with Gasteiger partial charge in [-0.15, -0.1) is 22.7 Å². The largest absolute Gasteiger partial charge is 0.362 e. The van der Waals surface area contributed by atoms with Crippen LogP contribution in [0.2, 0.25) is 0 Å². The Labute approximate surface area is 116 Å². The molecule has 0 aliphatic rings. The van der Waals surface area contributed by atoms with Crippen molar-refractivity contribution in [2.24, 2.45) is 0 Å². The Hall–Kier alpha value is -1.14. The zero-order valence-electron chi connectivity index (χ0n) is 10.9. The summed E-state index contributed by atoms with van der Waals surface area (Å²) < 4.78 is 0. The average molecular weight is 282 g/mol. The van der Waals surface area contributed by atoms with Gasteiger partial charge >= 0.3 is 0 Å². The molecule has 0 radical (unpaired) electrons. The van der Waals surface area contributed by atoms with E-state index in [1.165, 1.54) is 0 Å². The molecular formula is C12H18N4S2. The van der Waals surface area contributed by atoms with Crippen molar-refractivity contribution in [3.8, 4) is 11.4 Å². The van der Waals surface area contributed by atoms with Crippen molar-refractivity contribution in [2.45, 2.75) is 20.8 Å². The summed E-state index contributed by atoms with van der Waals surface area (Å²) in [6.45, 7) is 9.25. The van der Waals surface area contributed by atoms with Crippen LogP contribution in [0, 0.1) is 0 Å². The third kappa shape index (κ3) is 2.81. The molecule has 0 saturated carbocycles. The molecule has 0 saturated heterocycles. The summed E-state index contributed by atoms with van der Waals surface area (Å²) in [5.74, 6) is 0. The molecule has 2 aromatic rings. The first-order valence-corrected chi connectivity index (χ1v) is 7.94. The Morgan fingerprint density at radius 1 is 1.06 bits per heavy atom. The fourth-order valence-corrected chi connectivity index (χ4v) is 3.37. The first kappa shape index (κ1) is 13.3. The molecule has 0 aromatic carbocycles. The molecule has 18 heavy (non-hydrogen) atoms. The van der Waals surface area contributed by atoms with E-state index in [0.717, 1.165) is 41.3 Å². The zero-order chi connectivity index (χ0) is 13.0. The van der Waals surface area contributed by atoms with Crippen molar-refractivity contribution in [1.82, 2.24) is 9.97 Å². The molecule has 0 amide bonds. The lowest BCUT2D eigenvalue weighted by molar-refractivity contribution is 0.860. The molecule has 0 unspecified atom stereocenters. The number of nitrogens with zero attached hydrogens (tertiary/aromatic N) is 3. The summed E-state index contributed by atoms with van der Waals surface area (Å²) in [5.41, 5.74) is 1.94. The Morgan fingerprint density at radius 3 is 2.39 bits per heavy atom. The van der Waals surface area contributed by atoms with E-state index < -0.39 is 0 Å².